The third kappa shape index (κ3) is 1.97. The molecule has 0 aromatic carbocycles. The van der Waals surface area contributed by atoms with Crippen LogP contribution in [0.2, 0.25) is 0 Å². The minimum atomic E-state index is -0.313. The fraction of sp³-hybridized carbons (Fsp3) is 0.833. The molecule has 4 heteroatoms. The Morgan fingerprint density at radius 1 is 1.70 bits per heavy atom. The third-order valence-corrected chi connectivity index (χ3v) is 1.32. The summed E-state index contributed by atoms with van der Waals surface area (Å²) in [6.07, 6.45) is -0.187. The van der Waals surface area contributed by atoms with Gasteiger partial charge in [-0.15, -0.1) is 0 Å². The highest BCUT2D eigenvalue weighted by molar-refractivity contribution is 5.65. The van der Waals surface area contributed by atoms with Gasteiger partial charge >= 0.3 is 5.97 Å². The molecule has 4 nitrogen and oxygen atoms in total. The van der Waals surface area contributed by atoms with Crippen LogP contribution in [0.1, 0.15) is 6.92 Å². The van der Waals surface area contributed by atoms with Crippen LogP contribution in [0.25, 0.3) is 0 Å². The summed E-state index contributed by atoms with van der Waals surface area (Å²) in [7, 11) is 0. The summed E-state index contributed by atoms with van der Waals surface area (Å²) in [4.78, 5) is 10.2. The van der Waals surface area contributed by atoms with Crippen molar-refractivity contribution in [1.82, 2.24) is 0 Å². The Hall–Kier alpha value is -0.610. The maximum absolute atomic E-state index is 10.2. The zero-order chi connectivity index (χ0) is 7.56. The molecule has 1 rings (SSSR count). The topological polar surface area (TPSA) is 59.1 Å². The summed E-state index contributed by atoms with van der Waals surface area (Å²) in [5.74, 6) is -0.313. The number of esters is 1. The average molecular weight is 146 g/mol. The molecule has 1 unspecified atom stereocenters. The van der Waals surface area contributed by atoms with Gasteiger partial charge in [0, 0.05) is 6.92 Å². The largest absolute Gasteiger partial charge is 0.463 e. The highest BCUT2D eigenvalue weighted by Gasteiger charge is 2.38. The Balaban J connectivity index is 2.01. The molecule has 0 radical (unpaired) electrons. The Kier molecular flexibility index (Phi) is 2.24. The number of hydrogen-bond acceptors (Lipinski definition) is 4. The Labute approximate surface area is 58.7 Å². The number of ether oxygens (including phenoxy) is 2. The van der Waals surface area contributed by atoms with Crippen LogP contribution in [0, 0.1) is 0 Å². The van der Waals surface area contributed by atoms with Gasteiger partial charge in [0.1, 0.15) is 18.8 Å². The first-order chi connectivity index (χ1) is 4.74. The van der Waals surface area contributed by atoms with Crippen LogP contribution in [0.3, 0.4) is 0 Å². The first-order valence-corrected chi connectivity index (χ1v) is 3.13. The lowest BCUT2D eigenvalue weighted by Crippen LogP contribution is -2.09. The van der Waals surface area contributed by atoms with E-state index in [0.29, 0.717) is 0 Å². The van der Waals surface area contributed by atoms with Gasteiger partial charge in [0.25, 0.3) is 0 Å². The Bertz CT molecular complexity index is 134. The lowest BCUT2D eigenvalue weighted by atomic mass is 10.3. The van der Waals surface area contributed by atoms with Crippen molar-refractivity contribution < 1.29 is 19.4 Å². The molecule has 1 aliphatic heterocycles. The van der Waals surface area contributed by atoms with Crippen molar-refractivity contribution >= 4 is 5.97 Å². The molecule has 0 aromatic rings. The first kappa shape index (κ1) is 7.50. The predicted molar refractivity (Wildman–Crippen MR) is 32.4 cm³/mol. The van der Waals surface area contributed by atoms with Gasteiger partial charge in [-0.1, -0.05) is 0 Å². The van der Waals surface area contributed by atoms with E-state index in [0.717, 1.165) is 0 Å². The van der Waals surface area contributed by atoms with E-state index in [4.69, 9.17) is 9.84 Å². The molecular formula is C6H10O4. The van der Waals surface area contributed by atoms with Crippen LogP contribution in [0.4, 0.5) is 0 Å². The zero-order valence-electron chi connectivity index (χ0n) is 5.74. The normalized spacial score (nSPS) is 29.8. The Morgan fingerprint density at radius 2 is 2.40 bits per heavy atom. The van der Waals surface area contributed by atoms with Crippen LogP contribution in [0.5, 0.6) is 0 Å². The van der Waals surface area contributed by atoms with Crippen LogP contribution in [-0.4, -0.2) is 36.5 Å². The van der Waals surface area contributed by atoms with Gasteiger partial charge in [-0.25, -0.2) is 0 Å². The second kappa shape index (κ2) is 2.98. The number of aliphatic hydroxyl groups excluding tert-OH is 1. The van der Waals surface area contributed by atoms with E-state index in [9.17, 15) is 4.79 Å². The minimum absolute atomic E-state index is 0.00588. The van der Waals surface area contributed by atoms with E-state index in [1.54, 1.807) is 0 Å². The van der Waals surface area contributed by atoms with Gasteiger partial charge in [-0.3, -0.25) is 4.79 Å². The fourth-order valence-corrected chi connectivity index (χ4v) is 0.686. The summed E-state index contributed by atoms with van der Waals surface area (Å²) in [5, 5.41) is 8.48. The highest BCUT2D eigenvalue weighted by atomic mass is 16.6. The maximum Gasteiger partial charge on any atom is 0.302 e. The zero-order valence-corrected chi connectivity index (χ0v) is 5.74. The van der Waals surface area contributed by atoms with Crippen LogP contribution < -0.4 is 0 Å². The predicted octanol–water partition coefficient (Wildman–Crippen LogP) is -0.691. The highest BCUT2D eigenvalue weighted by Crippen LogP contribution is 2.20. The van der Waals surface area contributed by atoms with E-state index in [1.807, 2.05) is 0 Å². The monoisotopic (exact) mass is 146 g/mol. The smallest absolute Gasteiger partial charge is 0.302 e. The molecule has 0 aromatic heterocycles. The molecule has 0 aliphatic carbocycles. The molecule has 0 saturated carbocycles. The molecule has 0 spiro atoms. The van der Waals surface area contributed by atoms with Crippen LogP contribution in [0.15, 0.2) is 0 Å². The number of hydrogen-bond donors (Lipinski definition) is 1. The molecule has 0 bridgehead atoms. The van der Waals surface area contributed by atoms with Gasteiger partial charge in [0.05, 0.1) is 6.61 Å². The Morgan fingerprint density at radius 3 is 2.80 bits per heavy atom. The number of epoxide rings is 1. The molecule has 1 aliphatic rings. The first-order valence-electron chi connectivity index (χ1n) is 3.13. The lowest BCUT2D eigenvalue weighted by molar-refractivity contribution is -0.141. The van der Waals surface area contributed by atoms with Crippen molar-refractivity contribution in [3.05, 3.63) is 0 Å². The molecule has 2 atom stereocenters. The van der Waals surface area contributed by atoms with E-state index in [2.05, 4.69) is 4.74 Å². The number of rotatable bonds is 3. The lowest BCUT2D eigenvalue weighted by Gasteiger charge is -1.95. The molecule has 1 saturated heterocycles. The van der Waals surface area contributed by atoms with E-state index < -0.39 is 0 Å². The molecule has 1 heterocycles. The SMILES string of the molecule is CC(=O)OC[C@@H]1OC1CO. The standard InChI is InChI=1S/C6H10O4/c1-4(8)9-3-6-5(2-7)10-6/h5-7H,2-3H2,1H3/t5?,6-/m0/s1. The quantitative estimate of drug-likeness (QED) is 0.423. The summed E-state index contributed by atoms with van der Waals surface area (Å²) < 4.78 is 9.51. The number of aliphatic hydroxyl groups is 1. The van der Waals surface area contributed by atoms with Gasteiger partial charge in [0.15, 0.2) is 0 Å². The molecule has 0 amide bonds. The molecule has 1 fully saturated rings. The summed E-state index contributed by atoms with van der Waals surface area (Å²) in [6, 6.07) is 0. The van der Waals surface area contributed by atoms with Gasteiger partial charge in [0.2, 0.25) is 0 Å². The average Bonchev–Trinajstić information content (AvgIpc) is 2.61. The van der Waals surface area contributed by atoms with E-state index in [-0.39, 0.29) is 31.4 Å². The summed E-state index contributed by atoms with van der Waals surface area (Å²) >= 11 is 0. The van der Waals surface area contributed by atoms with Crippen molar-refractivity contribution in [3.8, 4) is 0 Å². The second-order valence-corrected chi connectivity index (χ2v) is 2.20. The van der Waals surface area contributed by atoms with Crippen molar-refractivity contribution in [2.24, 2.45) is 0 Å². The van der Waals surface area contributed by atoms with E-state index in [1.165, 1.54) is 6.92 Å². The maximum atomic E-state index is 10.2. The van der Waals surface area contributed by atoms with Gasteiger partial charge in [-0.2, -0.15) is 0 Å². The second-order valence-electron chi connectivity index (χ2n) is 2.20. The van der Waals surface area contributed by atoms with Crippen LogP contribution >= 0.6 is 0 Å². The molecule has 1 N–H and O–H groups in total. The minimum Gasteiger partial charge on any atom is -0.463 e. The van der Waals surface area contributed by atoms with Crippen molar-refractivity contribution in [1.29, 1.82) is 0 Å². The van der Waals surface area contributed by atoms with Crippen molar-refractivity contribution in [2.75, 3.05) is 13.2 Å². The molecule has 10 heavy (non-hydrogen) atoms. The van der Waals surface area contributed by atoms with Crippen molar-refractivity contribution in [2.45, 2.75) is 19.1 Å². The van der Waals surface area contributed by atoms with Crippen molar-refractivity contribution in [3.63, 3.8) is 0 Å². The number of carbonyl (C=O) groups excluding carboxylic acids is 1. The number of carbonyl (C=O) groups is 1. The summed E-state index contributed by atoms with van der Waals surface area (Å²) in [6.45, 7) is 1.61. The van der Waals surface area contributed by atoms with Gasteiger partial charge < -0.3 is 14.6 Å². The third-order valence-electron chi connectivity index (χ3n) is 1.32. The van der Waals surface area contributed by atoms with Crippen LogP contribution in [-0.2, 0) is 14.3 Å². The van der Waals surface area contributed by atoms with E-state index >= 15 is 0 Å². The molecular weight excluding hydrogens is 136 g/mol. The summed E-state index contributed by atoms with van der Waals surface area (Å²) in [5.41, 5.74) is 0. The fourth-order valence-electron chi connectivity index (χ4n) is 0.686. The molecule has 58 valence electrons. The van der Waals surface area contributed by atoms with Gasteiger partial charge in [-0.05, 0) is 0 Å².